The Morgan fingerprint density at radius 2 is 2.00 bits per heavy atom. The van der Waals surface area contributed by atoms with Gasteiger partial charge in [0.15, 0.2) is 5.75 Å². The first-order valence-corrected chi connectivity index (χ1v) is 8.23. The lowest BCUT2D eigenvalue weighted by Crippen LogP contribution is -2.25. The van der Waals surface area contributed by atoms with Crippen LogP contribution in [-0.4, -0.2) is 26.2 Å². The Morgan fingerprint density at radius 3 is 2.52 bits per heavy atom. The molecule has 21 heavy (non-hydrogen) atoms. The molecule has 0 saturated heterocycles. The average Bonchev–Trinajstić information content (AvgIpc) is 2.83. The second kappa shape index (κ2) is 7.02. The lowest BCUT2D eigenvalue weighted by Gasteiger charge is -2.28. The second-order valence-corrected chi connectivity index (χ2v) is 6.49. The number of nitrogens with one attached hydrogen (secondary N) is 1. The molecular weight excluding hydrogens is 288 g/mol. The zero-order chi connectivity index (χ0) is 15.4. The number of nitrogens with two attached hydrogens (primary N) is 1. The van der Waals surface area contributed by atoms with Gasteiger partial charge in [0.2, 0.25) is 0 Å². The van der Waals surface area contributed by atoms with Crippen molar-refractivity contribution in [1.82, 2.24) is 0 Å². The van der Waals surface area contributed by atoms with Gasteiger partial charge in [0.1, 0.15) is 15.6 Å². The number of esters is 1. The van der Waals surface area contributed by atoms with Gasteiger partial charge in [0.25, 0.3) is 0 Å². The van der Waals surface area contributed by atoms with Crippen LogP contribution in [0.5, 0.6) is 5.75 Å². The van der Waals surface area contributed by atoms with Crippen LogP contribution in [0.25, 0.3) is 0 Å². The lowest BCUT2D eigenvalue weighted by molar-refractivity contribution is 0.0607. The van der Waals surface area contributed by atoms with Gasteiger partial charge in [-0.05, 0) is 31.6 Å². The van der Waals surface area contributed by atoms with Crippen molar-refractivity contribution >= 4 is 28.0 Å². The number of anilines is 2. The quantitative estimate of drug-likeness (QED) is 0.814. The minimum absolute atomic E-state index is 0.360. The summed E-state index contributed by atoms with van der Waals surface area (Å²) < 4.78 is 10.1. The highest BCUT2D eigenvalue weighted by molar-refractivity contribution is 7.19. The molecule has 1 heterocycles. The molecule has 2 rings (SSSR count). The maximum atomic E-state index is 11.7. The van der Waals surface area contributed by atoms with Crippen LogP contribution in [-0.2, 0) is 4.74 Å². The van der Waals surface area contributed by atoms with Gasteiger partial charge >= 0.3 is 5.97 Å². The van der Waals surface area contributed by atoms with E-state index < -0.39 is 5.97 Å². The molecule has 118 valence electrons. The van der Waals surface area contributed by atoms with Crippen molar-refractivity contribution in [2.24, 2.45) is 5.92 Å². The Kier molecular flexibility index (Phi) is 5.33. The molecule has 1 aromatic heterocycles. The molecular formula is C15H24N2O3S. The number of hydrogen-bond donors (Lipinski definition) is 2. The first kappa shape index (κ1) is 15.9. The SMILES string of the molecule is CCC1CCC(Nc2sc(C(=O)OC)c(N)c2OC)CC1. The van der Waals surface area contributed by atoms with Crippen molar-refractivity contribution in [2.75, 3.05) is 25.3 Å². The van der Waals surface area contributed by atoms with Crippen molar-refractivity contribution in [2.45, 2.75) is 45.1 Å². The molecule has 1 aliphatic rings. The third-order valence-electron chi connectivity index (χ3n) is 4.23. The fraction of sp³-hybridized carbons (Fsp3) is 0.667. The van der Waals surface area contributed by atoms with E-state index in [-0.39, 0.29) is 0 Å². The van der Waals surface area contributed by atoms with E-state index in [1.807, 2.05) is 0 Å². The molecule has 0 aliphatic heterocycles. The van der Waals surface area contributed by atoms with Crippen LogP contribution < -0.4 is 15.8 Å². The number of thiophene rings is 1. The zero-order valence-corrected chi connectivity index (χ0v) is 13.7. The van der Waals surface area contributed by atoms with Crippen LogP contribution in [0.15, 0.2) is 0 Å². The molecule has 1 saturated carbocycles. The van der Waals surface area contributed by atoms with E-state index in [0.29, 0.717) is 22.4 Å². The van der Waals surface area contributed by atoms with Gasteiger partial charge in [-0.2, -0.15) is 0 Å². The molecule has 0 radical (unpaired) electrons. The summed E-state index contributed by atoms with van der Waals surface area (Å²) in [7, 11) is 2.92. The molecule has 0 atom stereocenters. The van der Waals surface area contributed by atoms with Crippen molar-refractivity contribution in [3.8, 4) is 5.75 Å². The summed E-state index contributed by atoms with van der Waals surface area (Å²) in [5, 5.41) is 4.32. The van der Waals surface area contributed by atoms with Crippen molar-refractivity contribution in [3.05, 3.63) is 4.88 Å². The predicted molar refractivity (Wildman–Crippen MR) is 86.3 cm³/mol. The van der Waals surface area contributed by atoms with Crippen LogP contribution in [0.4, 0.5) is 10.7 Å². The van der Waals surface area contributed by atoms with E-state index in [4.69, 9.17) is 15.2 Å². The Balaban J connectivity index is 2.11. The zero-order valence-electron chi connectivity index (χ0n) is 12.9. The fourth-order valence-electron chi connectivity index (χ4n) is 2.87. The maximum absolute atomic E-state index is 11.7. The van der Waals surface area contributed by atoms with Crippen molar-refractivity contribution < 1.29 is 14.3 Å². The fourth-order valence-corrected chi connectivity index (χ4v) is 3.96. The number of methoxy groups -OCH3 is 2. The molecule has 0 bridgehead atoms. The number of carbonyl (C=O) groups excluding carboxylic acids is 1. The third kappa shape index (κ3) is 3.43. The van der Waals surface area contributed by atoms with E-state index in [9.17, 15) is 4.79 Å². The van der Waals surface area contributed by atoms with Gasteiger partial charge in [-0.15, -0.1) is 11.3 Å². The molecule has 1 fully saturated rings. The van der Waals surface area contributed by atoms with E-state index in [2.05, 4.69) is 12.2 Å². The van der Waals surface area contributed by atoms with Gasteiger partial charge in [-0.1, -0.05) is 13.3 Å². The monoisotopic (exact) mass is 312 g/mol. The van der Waals surface area contributed by atoms with Gasteiger partial charge in [-0.25, -0.2) is 4.79 Å². The first-order chi connectivity index (χ1) is 10.1. The standard InChI is InChI=1S/C15H24N2O3S/c1-4-9-5-7-10(8-6-9)17-14-12(19-2)11(16)13(21-14)15(18)20-3/h9-10,17H,4-8,16H2,1-3H3. The smallest absolute Gasteiger partial charge is 0.350 e. The van der Waals surface area contributed by atoms with E-state index in [0.717, 1.165) is 23.8 Å². The molecule has 1 aromatic rings. The number of hydrogen-bond acceptors (Lipinski definition) is 6. The number of nitrogen functional groups attached to an aromatic ring is 1. The van der Waals surface area contributed by atoms with Crippen LogP contribution >= 0.6 is 11.3 Å². The first-order valence-electron chi connectivity index (χ1n) is 7.41. The van der Waals surface area contributed by atoms with Gasteiger partial charge in [0, 0.05) is 6.04 Å². The van der Waals surface area contributed by atoms with Crippen LogP contribution in [0.3, 0.4) is 0 Å². The maximum Gasteiger partial charge on any atom is 0.350 e. The van der Waals surface area contributed by atoms with Crippen LogP contribution in [0, 0.1) is 5.92 Å². The summed E-state index contributed by atoms with van der Waals surface area (Å²) in [5.41, 5.74) is 6.34. The lowest BCUT2D eigenvalue weighted by atomic mass is 9.84. The van der Waals surface area contributed by atoms with E-state index in [1.54, 1.807) is 7.11 Å². The van der Waals surface area contributed by atoms with E-state index >= 15 is 0 Å². The molecule has 5 nitrogen and oxygen atoms in total. The molecule has 0 unspecified atom stereocenters. The second-order valence-electron chi connectivity index (χ2n) is 5.47. The summed E-state index contributed by atoms with van der Waals surface area (Å²) in [6.45, 7) is 2.25. The number of rotatable bonds is 5. The van der Waals surface area contributed by atoms with Gasteiger partial charge < -0.3 is 20.5 Å². The van der Waals surface area contributed by atoms with E-state index in [1.165, 1.54) is 37.7 Å². The third-order valence-corrected chi connectivity index (χ3v) is 5.33. The van der Waals surface area contributed by atoms with Crippen LogP contribution in [0.1, 0.15) is 48.7 Å². The van der Waals surface area contributed by atoms with Gasteiger partial charge in [-0.3, -0.25) is 0 Å². The highest BCUT2D eigenvalue weighted by Gasteiger charge is 2.26. The van der Waals surface area contributed by atoms with Crippen molar-refractivity contribution in [1.29, 1.82) is 0 Å². The highest BCUT2D eigenvalue weighted by atomic mass is 32.1. The Labute approximate surface area is 129 Å². The summed E-state index contributed by atoms with van der Waals surface area (Å²) in [5.74, 6) is 0.987. The van der Waals surface area contributed by atoms with Gasteiger partial charge in [0.05, 0.1) is 14.2 Å². The minimum atomic E-state index is -0.418. The largest absolute Gasteiger partial charge is 0.492 e. The highest BCUT2D eigenvalue weighted by Crippen LogP contribution is 2.44. The Bertz CT molecular complexity index is 493. The van der Waals surface area contributed by atoms with Crippen LogP contribution in [0.2, 0.25) is 0 Å². The molecule has 6 heteroatoms. The molecule has 0 aromatic carbocycles. The molecule has 1 aliphatic carbocycles. The molecule has 0 spiro atoms. The molecule has 0 amide bonds. The Hall–Kier alpha value is -1.43. The Morgan fingerprint density at radius 1 is 1.33 bits per heavy atom. The normalized spacial score (nSPS) is 21.9. The summed E-state index contributed by atoms with van der Waals surface area (Å²) >= 11 is 1.31. The predicted octanol–water partition coefficient (Wildman–Crippen LogP) is 3.51. The van der Waals surface area contributed by atoms with Crippen molar-refractivity contribution in [3.63, 3.8) is 0 Å². The topological polar surface area (TPSA) is 73.6 Å². The average molecular weight is 312 g/mol. The summed E-state index contributed by atoms with van der Waals surface area (Å²) in [6, 6.07) is 0.422. The molecule has 3 N–H and O–H groups in total. The number of carbonyl (C=O) groups is 1. The number of ether oxygens (including phenoxy) is 2. The minimum Gasteiger partial charge on any atom is -0.492 e. The summed E-state index contributed by atoms with van der Waals surface area (Å²) in [4.78, 5) is 12.1. The summed E-state index contributed by atoms with van der Waals surface area (Å²) in [6.07, 6.45) is 6.05.